The molecule has 11 nitrogen and oxygen atoms in total. The Morgan fingerprint density at radius 1 is 1.21 bits per heavy atom. The zero-order chi connectivity index (χ0) is 27.7. The predicted octanol–water partition coefficient (Wildman–Crippen LogP) is 3.88. The maximum atomic E-state index is 14.3. The summed E-state index contributed by atoms with van der Waals surface area (Å²) >= 11 is 1.29. The number of primary amides is 1. The van der Waals surface area contributed by atoms with Gasteiger partial charge in [0.25, 0.3) is 5.91 Å². The zero-order valence-electron chi connectivity index (χ0n) is 21.5. The standard InChI is InChI=1S/C26H29N5O6S/c1-25(2,3)17-6-5-15(11-19(17)36-4)23(33)31-21(22-30-9-10-38-22)16(18-14-28-7-8-29-18)12-26(31,13-20(27)32)37-24(34)35/h5-11,14,16,21H,12-13H2,1-4H3,(H2,27,32)(H,34,35)/t16-,21-,26+/m1/s1. The Kier molecular flexibility index (Phi) is 7.36. The van der Waals surface area contributed by atoms with Gasteiger partial charge in [0.2, 0.25) is 11.6 Å². The number of aromatic nitrogens is 3. The van der Waals surface area contributed by atoms with Crippen molar-refractivity contribution in [3.63, 3.8) is 0 Å². The van der Waals surface area contributed by atoms with Crippen LogP contribution >= 0.6 is 11.3 Å². The molecule has 3 heterocycles. The van der Waals surface area contributed by atoms with E-state index in [0.29, 0.717) is 16.5 Å². The highest BCUT2D eigenvalue weighted by atomic mass is 32.1. The van der Waals surface area contributed by atoms with Crippen molar-refractivity contribution < 1.29 is 29.0 Å². The van der Waals surface area contributed by atoms with Crippen LogP contribution in [0.5, 0.6) is 5.75 Å². The molecule has 1 saturated heterocycles. The smallest absolute Gasteiger partial charge is 0.496 e. The number of carboxylic acid groups (broad SMARTS) is 1. The molecular formula is C26H29N5O6S. The molecule has 2 aromatic heterocycles. The van der Waals surface area contributed by atoms with Crippen molar-refractivity contribution >= 4 is 29.3 Å². The van der Waals surface area contributed by atoms with Gasteiger partial charge in [-0.05, 0) is 23.1 Å². The zero-order valence-corrected chi connectivity index (χ0v) is 22.3. The fourth-order valence-electron chi connectivity index (χ4n) is 5.03. The number of hydrogen-bond acceptors (Lipinski definition) is 9. The lowest BCUT2D eigenvalue weighted by atomic mass is 9.85. The molecule has 2 amide bonds. The molecule has 1 fully saturated rings. The van der Waals surface area contributed by atoms with E-state index in [-0.39, 0.29) is 17.4 Å². The van der Waals surface area contributed by atoms with Crippen LogP contribution in [0.2, 0.25) is 0 Å². The fraction of sp³-hybridized carbons (Fsp3) is 0.385. The molecule has 1 aromatic carbocycles. The first kappa shape index (κ1) is 27.0. The number of hydrogen-bond donors (Lipinski definition) is 2. The largest absolute Gasteiger partial charge is 0.507 e. The second-order valence-electron chi connectivity index (χ2n) is 10.1. The number of rotatable bonds is 7. The Balaban J connectivity index is 1.93. The Morgan fingerprint density at radius 2 is 1.97 bits per heavy atom. The third-order valence-electron chi connectivity index (χ3n) is 6.51. The number of carbonyl (C=O) groups is 3. The summed E-state index contributed by atoms with van der Waals surface area (Å²) in [6, 6.07) is 4.24. The number of methoxy groups -OCH3 is 1. The van der Waals surface area contributed by atoms with E-state index in [2.05, 4.69) is 15.0 Å². The van der Waals surface area contributed by atoms with E-state index in [4.69, 9.17) is 15.2 Å². The average Bonchev–Trinajstić information content (AvgIpc) is 3.48. The summed E-state index contributed by atoms with van der Waals surface area (Å²) in [5.74, 6) is -1.49. The van der Waals surface area contributed by atoms with Crippen LogP contribution in [-0.2, 0) is 14.9 Å². The minimum absolute atomic E-state index is 0.0753. The maximum Gasteiger partial charge on any atom is 0.507 e. The Labute approximate surface area is 223 Å². The first-order valence-electron chi connectivity index (χ1n) is 11.8. The Morgan fingerprint density at radius 3 is 2.53 bits per heavy atom. The molecule has 3 N–H and O–H groups in total. The summed E-state index contributed by atoms with van der Waals surface area (Å²) in [4.78, 5) is 52.9. The van der Waals surface area contributed by atoms with Crippen molar-refractivity contribution in [2.75, 3.05) is 7.11 Å². The molecule has 0 aliphatic carbocycles. The molecule has 0 unspecified atom stereocenters. The third kappa shape index (κ3) is 5.17. The number of benzene rings is 1. The first-order chi connectivity index (χ1) is 18.0. The highest BCUT2D eigenvalue weighted by Crippen LogP contribution is 2.54. The number of likely N-dealkylation sites (tertiary alicyclic amines) is 1. The van der Waals surface area contributed by atoms with Crippen molar-refractivity contribution in [3.05, 3.63) is 70.2 Å². The lowest BCUT2D eigenvalue weighted by molar-refractivity contribution is -0.134. The lowest BCUT2D eigenvalue weighted by Gasteiger charge is -2.38. The molecule has 12 heteroatoms. The number of nitrogens with two attached hydrogens (primary N) is 1. The Bertz CT molecular complexity index is 1310. The van der Waals surface area contributed by atoms with E-state index >= 15 is 0 Å². The summed E-state index contributed by atoms with van der Waals surface area (Å²) in [6.07, 6.45) is 3.85. The minimum atomic E-state index is -1.91. The van der Waals surface area contributed by atoms with E-state index < -0.39 is 42.1 Å². The normalized spacial score (nSPS) is 21.2. The van der Waals surface area contributed by atoms with Gasteiger partial charge in [-0.2, -0.15) is 0 Å². The van der Waals surface area contributed by atoms with E-state index in [1.54, 1.807) is 29.8 Å². The van der Waals surface area contributed by atoms with Crippen LogP contribution in [0.15, 0.2) is 48.4 Å². The lowest BCUT2D eigenvalue weighted by Crippen LogP contribution is -2.53. The van der Waals surface area contributed by atoms with Gasteiger partial charge in [-0.15, -0.1) is 11.3 Å². The van der Waals surface area contributed by atoms with Crippen LogP contribution in [-0.4, -0.2) is 55.8 Å². The van der Waals surface area contributed by atoms with Crippen LogP contribution in [0.4, 0.5) is 4.79 Å². The molecule has 0 saturated carbocycles. The van der Waals surface area contributed by atoms with E-state index in [1.807, 2.05) is 20.8 Å². The van der Waals surface area contributed by atoms with Gasteiger partial charge in [0.1, 0.15) is 10.8 Å². The van der Waals surface area contributed by atoms with Crippen LogP contribution in [0, 0.1) is 0 Å². The molecule has 38 heavy (non-hydrogen) atoms. The highest BCUT2D eigenvalue weighted by Gasteiger charge is 2.59. The molecule has 1 aliphatic heterocycles. The van der Waals surface area contributed by atoms with E-state index in [9.17, 15) is 19.5 Å². The minimum Gasteiger partial charge on any atom is -0.496 e. The molecule has 200 valence electrons. The number of ether oxygens (including phenoxy) is 2. The molecule has 4 rings (SSSR count). The number of carbonyl (C=O) groups excluding carboxylic acids is 2. The quantitative estimate of drug-likeness (QED) is 0.425. The highest BCUT2D eigenvalue weighted by molar-refractivity contribution is 7.09. The number of nitrogens with zero attached hydrogens (tertiary/aromatic N) is 4. The maximum absolute atomic E-state index is 14.3. The number of thiazole rings is 1. The fourth-order valence-corrected chi connectivity index (χ4v) is 5.82. The average molecular weight is 540 g/mol. The summed E-state index contributed by atoms with van der Waals surface area (Å²) < 4.78 is 11.0. The van der Waals surface area contributed by atoms with E-state index in [0.717, 1.165) is 5.56 Å². The SMILES string of the molecule is COc1cc(C(=O)N2[C@@H](c3nccs3)[C@@H](c3cnccn3)C[C@@]2(CC(N)=O)OC(=O)O)ccc1C(C)(C)C. The summed E-state index contributed by atoms with van der Waals surface area (Å²) in [7, 11) is 1.52. The van der Waals surface area contributed by atoms with Gasteiger partial charge in [0.15, 0.2) is 0 Å². The summed E-state index contributed by atoms with van der Waals surface area (Å²) in [6.45, 7) is 6.07. The summed E-state index contributed by atoms with van der Waals surface area (Å²) in [5.41, 5.74) is 5.01. The van der Waals surface area contributed by atoms with Gasteiger partial charge in [-0.1, -0.05) is 26.8 Å². The molecule has 1 aliphatic rings. The molecule has 0 radical (unpaired) electrons. The molecule has 0 bridgehead atoms. The van der Waals surface area contributed by atoms with Crippen molar-refractivity contribution in [3.8, 4) is 5.75 Å². The van der Waals surface area contributed by atoms with Crippen molar-refractivity contribution in [2.45, 2.75) is 56.7 Å². The van der Waals surface area contributed by atoms with Gasteiger partial charge in [0.05, 0.1) is 25.3 Å². The van der Waals surface area contributed by atoms with Gasteiger partial charge >= 0.3 is 6.16 Å². The first-order valence-corrected chi connectivity index (χ1v) is 12.7. The van der Waals surface area contributed by atoms with Crippen molar-refractivity contribution in [1.29, 1.82) is 0 Å². The summed E-state index contributed by atoms with van der Waals surface area (Å²) in [5, 5.41) is 12.0. The van der Waals surface area contributed by atoms with Gasteiger partial charge in [-0.3, -0.25) is 24.5 Å². The topological polar surface area (TPSA) is 158 Å². The van der Waals surface area contributed by atoms with E-state index in [1.165, 1.54) is 41.9 Å². The second-order valence-corrected chi connectivity index (χ2v) is 11.0. The third-order valence-corrected chi connectivity index (χ3v) is 7.35. The van der Waals surface area contributed by atoms with Crippen LogP contribution in [0.1, 0.15) is 72.2 Å². The van der Waals surface area contributed by atoms with Gasteiger partial charge < -0.3 is 20.3 Å². The molecule has 3 atom stereocenters. The van der Waals surface area contributed by atoms with Crippen LogP contribution in [0.3, 0.4) is 0 Å². The Hall–Kier alpha value is -4.06. The van der Waals surface area contributed by atoms with Crippen LogP contribution < -0.4 is 10.5 Å². The van der Waals surface area contributed by atoms with Gasteiger partial charge in [0, 0.05) is 48.1 Å². The second kappa shape index (κ2) is 10.4. The van der Waals surface area contributed by atoms with Gasteiger partial charge in [-0.25, -0.2) is 9.78 Å². The molecule has 0 spiro atoms. The van der Waals surface area contributed by atoms with Crippen molar-refractivity contribution in [2.24, 2.45) is 5.73 Å². The predicted molar refractivity (Wildman–Crippen MR) is 138 cm³/mol. The molecular weight excluding hydrogens is 510 g/mol. The monoisotopic (exact) mass is 539 g/mol. The van der Waals surface area contributed by atoms with Crippen LogP contribution in [0.25, 0.3) is 0 Å². The van der Waals surface area contributed by atoms with Crippen molar-refractivity contribution in [1.82, 2.24) is 19.9 Å². The number of amides is 2. The molecule has 3 aromatic rings.